The Hall–Kier alpha value is -0.870. The van der Waals surface area contributed by atoms with Gasteiger partial charge in [-0.15, -0.1) is 11.3 Å². The number of likely N-dealkylation sites (tertiary alicyclic amines) is 1. The zero-order chi connectivity index (χ0) is 16.3. The number of nitrogens with zero attached hydrogens (tertiary/aromatic N) is 1. The minimum Gasteiger partial charge on any atom is -0.356 e. The Morgan fingerprint density at radius 3 is 2.65 bits per heavy atom. The molecule has 2 saturated heterocycles. The number of amides is 1. The number of carbonyl (C=O) groups excluding carboxylic acids is 1. The van der Waals surface area contributed by atoms with E-state index < -0.39 is 0 Å². The zero-order valence-corrected chi connectivity index (χ0v) is 15.4. The topological polar surface area (TPSA) is 32.3 Å². The Balaban J connectivity index is 1.51. The predicted molar refractivity (Wildman–Crippen MR) is 96.7 cm³/mol. The summed E-state index contributed by atoms with van der Waals surface area (Å²) in [5, 5.41) is 3.03. The lowest BCUT2D eigenvalue weighted by atomic mass is 9.73. The number of rotatable bonds is 4. The fourth-order valence-electron chi connectivity index (χ4n) is 3.98. The van der Waals surface area contributed by atoms with Gasteiger partial charge in [-0.3, -0.25) is 9.69 Å². The molecule has 0 aromatic carbocycles. The molecule has 2 aliphatic heterocycles. The van der Waals surface area contributed by atoms with E-state index in [4.69, 9.17) is 0 Å². The van der Waals surface area contributed by atoms with Gasteiger partial charge in [0.2, 0.25) is 5.91 Å². The van der Waals surface area contributed by atoms with Crippen molar-refractivity contribution in [2.75, 3.05) is 19.6 Å². The van der Waals surface area contributed by atoms with Gasteiger partial charge in [0.1, 0.15) is 0 Å². The van der Waals surface area contributed by atoms with Crippen molar-refractivity contribution < 1.29 is 4.79 Å². The predicted octanol–water partition coefficient (Wildman–Crippen LogP) is 3.83. The van der Waals surface area contributed by atoms with E-state index in [9.17, 15) is 4.79 Å². The van der Waals surface area contributed by atoms with E-state index in [0.29, 0.717) is 5.41 Å². The number of hydrogen-bond donors (Lipinski definition) is 1. The largest absolute Gasteiger partial charge is 0.356 e. The van der Waals surface area contributed by atoms with Crippen LogP contribution >= 0.6 is 11.3 Å². The van der Waals surface area contributed by atoms with Crippen LogP contribution in [-0.4, -0.2) is 30.4 Å². The minimum atomic E-state index is 0.251. The van der Waals surface area contributed by atoms with Crippen molar-refractivity contribution in [1.82, 2.24) is 10.2 Å². The molecule has 0 radical (unpaired) electrons. The number of piperidine rings is 1. The van der Waals surface area contributed by atoms with Crippen LogP contribution in [0.25, 0.3) is 0 Å². The first kappa shape index (κ1) is 17.0. The Labute approximate surface area is 144 Å². The van der Waals surface area contributed by atoms with Crippen molar-refractivity contribution in [2.24, 2.45) is 11.3 Å². The zero-order valence-electron chi connectivity index (χ0n) is 14.6. The van der Waals surface area contributed by atoms with Gasteiger partial charge in [0.15, 0.2) is 0 Å². The average Bonchev–Trinajstić information content (AvgIpc) is 2.85. The summed E-state index contributed by atoms with van der Waals surface area (Å²) < 4.78 is 0. The molecule has 4 heteroatoms. The molecule has 1 amide bonds. The fourth-order valence-corrected chi connectivity index (χ4v) is 5.26. The molecule has 3 rings (SSSR count). The van der Waals surface area contributed by atoms with Crippen LogP contribution in [0.1, 0.15) is 55.7 Å². The quantitative estimate of drug-likeness (QED) is 0.907. The third-order valence-electron chi connectivity index (χ3n) is 5.48. The Bertz CT molecular complexity index is 529. The summed E-state index contributed by atoms with van der Waals surface area (Å²) in [6.45, 7) is 8.93. The van der Waals surface area contributed by atoms with Crippen LogP contribution in [0.5, 0.6) is 0 Å². The molecule has 0 atom stereocenters. The number of nitrogens with one attached hydrogen (secondary N) is 1. The molecule has 0 unspecified atom stereocenters. The van der Waals surface area contributed by atoms with Gasteiger partial charge in [-0.25, -0.2) is 0 Å². The van der Waals surface area contributed by atoms with Crippen LogP contribution < -0.4 is 5.32 Å². The van der Waals surface area contributed by atoms with Crippen LogP contribution in [-0.2, 0) is 17.8 Å². The molecule has 0 bridgehead atoms. The van der Waals surface area contributed by atoms with Gasteiger partial charge in [0.25, 0.3) is 0 Å². The third kappa shape index (κ3) is 4.57. The number of thiophene rings is 1. The van der Waals surface area contributed by atoms with Crippen LogP contribution in [0.15, 0.2) is 12.1 Å². The van der Waals surface area contributed by atoms with Gasteiger partial charge in [0.05, 0.1) is 0 Å². The maximum Gasteiger partial charge on any atom is 0.220 e. The molecule has 23 heavy (non-hydrogen) atoms. The molecular weight excluding hydrogens is 304 g/mol. The van der Waals surface area contributed by atoms with Gasteiger partial charge >= 0.3 is 0 Å². The molecule has 3 heterocycles. The Kier molecular flexibility index (Phi) is 5.42. The molecule has 128 valence electrons. The molecule has 0 aliphatic carbocycles. The first-order valence-corrected chi connectivity index (χ1v) is 9.93. The SMILES string of the molecule is CC(C)Cc1ccc(CN2CCC3(CCNC(=O)CC3)CC2)s1. The van der Waals surface area contributed by atoms with E-state index >= 15 is 0 Å². The van der Waals surface area contributed by atoms with Crippen LogP contribution in [0.2, 0.25) is 0 Å². The van der Waals surface area contributed by atoms with E-state index in [1.807, 2.05) is 11.3 Å². The molecule has 3 nitrogen and oxygen atoms in total. The molecule has 1 N–H and O–H groups in total. The summed E-state index contributed by atoms with van der Waals surface area (Å²) in [6.07, 6.45) is 6.70. The van der Waals surface area contributed by atoms with Crippen LogP contribution in [0.4, 0.5) is 0 Å². The van der Waals surface area contributed by atoms with Gasteiger partial charge in [0, 0.05) is 29.3 Å². The second-order valence-corrected chi connectivity index (χ2v) is 9.09. The highest BCUT2D eigenvalue weighted by Gasteiger charge is 2.35. The molecule has 1 aromatic rings. The summed E-state index contributed by atoms with van der Waals surface area (Å²) in [7, 11) is 0. The smallest absolute Gasteiger partial charge is 0.220 e. The van der Waals surface area contributed by atoms with Gasteiger partial charge in [-0.2, -0.15) is 0 Å². The molecule has 2 fully saturated rings. The lowest BCUT2D eigenvalue weighted by Crippen LogP contribution is -2.40. The third-order valence-corrected chi connectivity index (χ3v) is 6.58. The fraction of sp³-hybridized carbons (Fsp3) is 0.737. The summed E-state index contributed by atoms with van der Waals surface area (Å²) >= 11 is 1.99. The molecule has 1 aromatic heterocycles. The van der Waals surface area contributed by atoms with Crippen molar-refractivity contribution in [2.45, 2.75) is 58.9 Å². The van der Waals surface area contributed by atoms with Crippen LogP contribution in [0.3, 0.4) is 0 Å². The van der Waals surface area contributed by atoms with E-state index in [2.05, 4.69) is 36.2 Å². The molecule has 0 saturated carbocycles. The molecular formula is C19H30N2OS. The van der Waals surface area contributed by atoms with Gasteiger partial charge in [-0.05, 0) is 68.7 Å². The maximum absolute atomic E-state index is 11.6. The van der Waals surface area contributed by atoms with E-state index in [1.54, 1.807) is 0 Å². The van der Waals surface area contributed by atoms with Crippen molar-refractivity contribution in [1.29, 1.82) is 0 Å². The Morgan fingerprint density at radius 1 is 1.17 bits per heavy atom. The number of hydrogen-bond acceptors (Lipinski definition) is 3. The van der Waals surface area contributed by atoms with Crippen LogP contribution in [0, 0.1) is 11.3 Å². The Morgan fingerprint density at radius 2 is 1.91 bits per heavy atom. The second-order valence-electron chi connectivity index (χ2n) is 7.84. The second kappa shape index (κ2) is 7.35. The van der Waals surface area contributed by atoms with E-state index in [-0.39, 0.29) is 5.91 Å². The van der Waals surface area contributed by atoms with Gasteiger partial charge in [-0.1, -0.05) is 13.8 Å². The first-order valence-electron chi connectivity index (χ1n) is 9.11. The minimum absolute atomic E-state index is 0.251. The van der Waals surface area contributed by atoms with Gasteiger partial charge < -0.3 is 5.32 Å². The first-order chi connectivity index (χ1) is 11.0. The highest BCUT2D eigenvalue weighted by Crippen LogP contribution is 2.40. The van der Waals surface area contributed by atoms with E-state index in [1.165, 1.54) is 48.5 Å². The van der Waals surface area contributed by atoms with Crippen molar-refractivity contribution in [3.63, 3.8) is 0 Å². The van der Waals surface area contributed by atoms with Crippen molar-refractivity contribution in [3.05, 3.63) is 21.9 Å². The standard InChI is InChI=1S/C19H30N2OS/c1-15(2)13-16-3-4-17(23-16)14-21-11-8-19(9-12-21)6-5-18(22)20-10-7-19/h3-4,15H,5-14H2,1-2H3,(H,20,22). The lowest BCUT2D eigenvalue weighted by Gasteiger charge is -2.41. The number of carbonyl (C=O) groups is 1. The van der Waals surface area contributed by atoms with Crippen molar-refractivity contribution >= 4 is 17.2 Å². The molecule has 2 aliphatic rings. The van der Waals surface area contributed by atoms with Crippen molar-refractivity contribution in [3.8, 4) is 0 Å². The maximum atomic E-state index is 11.6. The normalized spacial score (nSPS) is 22.3. The summed E-state index contributed by atoms with van der Waals surface area (Å²) in [4.78, 5) is 17.2. The highest BCUT2D eigenvalue weighted by atomic mass is 32.1. The molecule has 1 spiro atoms. The summed E-state index contributed by atoms with van der Waals surface area (Å²) in [6, 6.07) is 4.63. The average molecular weight is 335 g/mol. The summed E-state index contributed by atoms with van der Waals surface area (Å²) in [5.41, 5.74) is 0.425. The van der Waals surface area contributed by atoms with E-state index in [0.717, 1.165) is 31.8 Å². The summed E-state index contributed by atoms with van der Waals surface area (Å²) in [5.74, 6) is 0.989. The lowest BCUT2D eigenvalue weighted by molar-refractivity contribution is -0.121. The highest BCUT2D eigenvalue weighted by molar-refractivity contribution is 7.11. The monoisotopic (exact) mass is 334 g/mol.